The van der Waals surface area contributed by atoms with Gasteiger partial charge in [-0.3, -0.25) is 43.5 Å². The highest BCUT2D eigenvalue weighted by Gasteiger charge is 2.40. The standard InChI is InChI=1S/C15H19NO2.C14H17NO2.C12H21NO2/c1-9(2)7-11-5-6-12-13(8-11)15(18)16(10(3)4)14(12)17;1-8(2)10-5-6-11-12(7-10)14(17)15(9(3)4)13(11)16;1-8(2)5-6-10-7-11(14)13(9(3)4)12(10)15/h5-6,8-10H,7H2,1-4H3;5-9H,1-4H3;8-10H,5-7H2,1-4H3. The van der Waals surface area contributed by atoms with E-state index in [1.165, 1.54) is 14.7 Å². The molecule has 9 heteroatoms. The van der Waals surface area contributed by atoms with Crippen LogP contribution in [0.4, 0.5) is 0 Å². The summed E-state index contributed by atoms with van der Waals surface area (Å²) < 4.78 is 0. The molecule has 1 fully saturated rings. The summed E-state index contributed by atoms with van der Waals surface area (Å²) in [5.74, 6) is 0.824. The predicted molar refractivity (Wildman–Crippen MR) is 196 cm³/mol. The van der Waals surface area contributed by atoms with Gasteiger partial charge in [-0.25, -0.2) is 0 Å². The lowest BCUT2D eigenvalue weighted by molar-refractivity contribution is -0.141. The van der Waals surface area contributed by atoms with Crippen LogP contribution in [0, 0.1) is 17.8 Å². The molecule has 1 unspecified atom stereocenters. The first-order chi connectivity index (χ1) is 23.3. The van der Waals surface area contributed by atoms with Gasteiger partial charge in [0.2, 0.25) is 11.8 Å². The molecule has 6 amide bonds. The zero-order valence-corrected chi connectivity index (χ0v) is 32.1. The Morgan fingerprint density at radius 2 is 1.02 bits per heavy atom. The van der Waals surface area contributed by atoms with E-state index in [0.717, 1.165) is 30.4 Å². The molecule has 9 nitrogen and oxygen atoms in total. The fraction of sp³-hybridized carbons (Fsp3) is 0.561. The summed E-state index contributed by atoms with van der Waals surface area (Å²) in [6.45, 7) is 23.9. The fourth-order valence-corrected chi connectivity index (χ4v) is 6.50. The number of hydrogen-bond acceptors (Lipinski definition) is 6. The zero-order valence-electron chi connectivity index (χ0n) is 32.1. The minimum Gasteiger partial charge on any atom is -0.280 e. The van der Waals surface area contributed by atoms with E-state index in [4.69, 9.17) is 0 Å². The number of nitrogens with zero attached hydrogens (tertiary/aromatic N) is 3. The molecule has 3 heterocycles. The summed E-state index contributed by atoms with van der Waals surface area (Å²) in [6, 6.07) is 11.0. The maximum absolute atomic E-state index is 12.2. The number of carbonyl (C=O) groups excluding carboxylic acids is 6. The number of fused-ring (bicyclic) bond motifs is 2. The van der Waals surface area contributed by atoms with E-state index in [9.17, 15) is 28.8 Å². The van der Waals surface area contributed by atoms with Crippen LogP contribution in [0.25, 0.3) is 0 Å². The molecular formula is C41H57N3O6. The minimum atomic E-state index is -0.171. The van der Waals surface area contributed by atoms with E-state index in [1.807, 2.05) is 65.8 Å². The molecule has 0 aliphatic carbocycles. The number of benzene rings is 2. The zero-order chi connectivity index (χ0) is 37.8. The molecule has 0 saturated carbocycles. The Morgan fingerprint density at radius 3 is 1.44 bits per heavy atom. The fourth-order valence-electron chi connectivity index (χ4n) is 6.50. The summed E-state index contributed by atoms with van der Waals surface area (Å²) in [5, 5.41) is 0. The third-order valence-electron chi connectivity index (χ3n) is 9.15. The van der Waals surface area contributed by atoms with Gasteiger partial charge < -0.3 is 0 Å². The first-order valence-electron chi connectivity index (χ1n) is 18.2. The summed E-state index contributed by atoms with van der Waals surface area (Å²) in [4.78, 5) is 76.0. The third kappa shape index (κ3) is 8.95. The van der Waals surface area contributed by atoms with Gasteiger partial charge in [0.15, 0.2) is 0 Å². The van der Waals surface area contributed by atoms with E-state index >= 15 is 0 Å². The van der Waals surface area contributed by atoms with Gasteiger partial charge >= 0.3 is 0 Å². The normalized spacial score (nSPS) is 17.2. The van der Waals surface area contributed by atoms with Crippen LogP contribution in [-0.2, 0) is 16.0 Å². The number of imide groups is 3. The van der Waals surface area contributed by atoms with Crippen molar-refractivity contribution in [1.29, 1.82) is 0 Å². The maximum Gasteiger partial charge on any atom is 0.261 e. The Morgan fingerprint density at radius 1 is 0.560 bits per heavy atom. The Labute approximate surface area is 298 Å². The predicted octanol–water partition coefficient (Wildman–Crippen LogP) is 7.91. The van der Waals surface area contributed by atoms with Crippen molar-refractivity contribution in [1.82, 2.24) is 14.7 Å². The first kappa shape index (κ1) is 40.3. The molecule has 0 bridgehead atoms. The summed E-state index contributed by atoms with van der Waals surface area (Å²) in [6.07, 6.45) is 3.22. The molecule has 1 saturated heterocycles. The monoisotopic (exact) mass is 687 g/mol. The van der Waals surface area contributed by atoms with Crippen LogP contribution in [0.5, 0.6) is 0 Å². The van der Waals surface area contributed by atoms with Crippen molar-refractivity contribution < 1.29 is 28.8 Å². The number of carbonyl (C=O) groups is 6. The second-order valence-electron chi connectivity index (χ2n) is 15.7. The Balaban J connectivity index is 0.000000204. The maximum atomic E-state index is 12.2. The van der Waals surface area contributed by atoms with Crippen molar-refractivity contribution in [2.24, 2.45) is 17.8 Å². The number of hydrogen-bond donors (Lipinski definition) is 0. The van der Waals surface area contributed by atoms with E-state index in [2.05, 4.69) is 41.5 Å². The summed E-state index contributed by atoms with van der Waals surface area (Å²) >= 11 is 0. The molecule has 2 aromatic carbocycles. The smallest absolute Gasteiger partial charge is 0.261 e. The molecular weight excluding hydrogens is 630 g/mol. The van der Waals surface area contributed by atoms with E-state index < -0.39 is 0 Å². The van der Waals surface area contributed by atoms with Crippen molar-refractivity contribution in [3.05, 3.63) is 69.8 Å². The average Bonchev–Trinajstić information content (AvgIpc) is 3.55. The molecule has 2 aromatic rings. The van der Waals surface area contributed by atoms with Crippen LogP contribution in [-0.4, -0.2) is 68.3 Å². The van der Waals surface area contributed by atoms with Crippen molar-refractivity contribution in [3.8, 4) is 0 Å². The second kappa shape index (κ2) is 16.7. The van der Waals surface area contributed by atoms with Crippen molar-refractivity contribution in [3.63, 3.8) is 0 Å². The highest BCUT2D eigenvalue weighted by atomic mass is 16.2. The molecule has 3 aliphatic heterocycles. The second-order valence-corrected chi connectivity index (χ2v) is 15.7. The SMILES string of the molecule is CC(C)CCC1CC(=O)N(C(C)C)C1=O.CC(C)Cc1ccc2c(c1)C(=O)N(C(C)C)C2=O.CC(C)c1ccc2c(c1)C(=O)N(C(C)C)C2=O. The van der Waals surface area contributed by atoms with Crippen LogP contribution in [0.1, 0.15) is 161 Å². The quantitative estimate of drug-likeness (QED) is 0.248. The van der Waals surface area contributed by atoms with Gasteiger partial charge in [0, 0.05) is 30.5 Å². The molecule has 0 aromatic heterocycles. The molecule has 5 rings (SSSR count). The van der Waals surface area contributed by atoms with Gasteiger partial charge in [0.05, 0.1) is 22.3 Å². The van der Waals surface area contributed by atoms with Gasteiger partial charge in [0.25, 0.3) is 23.6 Å². The molecule has 272 valence electrons. The third-order valence-corrected chi connectivity index (χ3v) is 9.15. The lowest BCUT2D eigenvalue weighted by Crippen LogP contribution is -2.36. The topological polar surface area (TPSA) is 112 Å². The van der Waals surface area contributed by atoms with Crippen molar-refractivity contribution >= 4 is 35.4 Å². The van der Waals surface area contributed by atoms with E-state index in [0.29, 0.717) is 46.4 Å². The van der Waals surface area contributed by atoms with Crippen LogP contribution in [0.15, 0.2) is 36.4 Å². The highest BCUT2D eigenvalue weighted by Crippen LogP contribution is 2.29. The van der Waals surface area contributed by atoms with Gasteiger partial charge in [-0.1, -0.05) is 60.1 Å². The Bertz CT molecular complexity index is 1620. The van der Waals surface area contributed by atoms with Crippen LogP contribution in [0.2, 0.25) is 0 Å². The van der Waals surface area contributed by atoms with Crippen LogP contribution < -0.4 is 0 Å². The van der Waals surface area contributed by atoms with E-state index in [-0.39, 0.29) is 59.5 Å². The van der Waals surface area contributed by atoms with Gasteiger partial charge in [-0.2, -0.15) is 0 Å². The molecule has 0 N–H and O–H groups in total. The first-order valence-corrected chi connectivity index (χ1v) is 18.2. The van der Waals surface area contributed by atoms with Gasteiger partial charge in [-0.15, -0.1) is 0 Å². The number of likely N-dealkylation sites (tertiary alicyclic amines) is 1. The van der Waals surface area contributed by atoms with Gasteiger partial charge in [0.1, 0.15) is 0 Å². The minimum absolute atomic E-state index is 0.00348. The molecule has 50 heavy (non-hydrogen) atoms. The lowest BCUT2D eigenvalue weighted by Gasteiger charge is -2.19. The highest BCUT2D eigenvalue weighted by molar-refractivity contribution is 6.22. The molecule has 0 radical (unpaired) electrons. The summed E-state index contributed by atoms with van der Waals surface area (Å²) in [5.41, 5.74) is 4.40. The van der Waals surface area contributed by atoms with E-state index in [1.54, 1.807) is 12.1 Å². The number of rotatable bonds is 9. The Hall–Kier alpha value is -4.14. The van der Waals surface area contributed by atoms with Crippen molar-refractivity contribution in [2.75, 3.05) is 0 Å². The average molecular weight is 688 g/mol. The van der Waals surface area contributed by atoms with Crippen LogP contribution >= 0.6 is 0 Å². The molecule has 0 spiro atoms. The van der Waals surface area contributed by atoms with Gasteiger partial charge in [-0.05, 0) is 108 Å². The Kier molecular flexibility index (Phi) is 13.5. The lowest BCUT2D eigenvalue weighted by atomic mass is 9.97. The van der Waals surface area contributed by atoms with Crippen molar-refractivity contribution in [2.45, 2.75) is 133 Å². The largest absolute Gasteiger partial charge is 0.280 e. The number of amides is 6. The molecule has 1 atom stereocenters. The summed E-state index contributed by atoms with van der Waals surface area (Å²) in [7, 11) is 0. The molecule has 3 aliphatic rings. The van der Waals surface area contributed by atoms with Crippen LogP contribution in [0.3, 0.4) is 0 Å².